The number of carbonyl (C=O) groups excluding carboxylic acids is 1. The lowest BCUT2D eigenvalue weighted by Gasteiger charge is -2.22. The zero-order valence-corrected chi connectivity index (χ0v) is 15.6. The monoisotopic (exact) mass is 376 g/mol. The summed E-state index contributed by atoms with van der Waals surface area (Å²) in [6.45, 7) is 1.97. The molecule has 2 rings (SSSR count). The highest BCUT2D eigenvalue weighted by molar-refractivity contribution is 7.89. The summed E-state index contributed by atoms with van der Waals surface area (Å²) < 4.78 is 27.2. The van der Waals surface area contributed by atoms with Gasteiger partial charge in [0.2, 0.25) is 15.9 Å². The lowest BCUT2D eigenvalue weighted by Crippen LogP contribution is -2.40. The smallest absolute Gasteiger partial charge is 0.243 e. The molecule has 0 saturated carbocycles. The number of nitrogens with zero attached hydrogens (tertiary/aromatic N) is 1. The molecule has 26 heavy (non-hydrogen) atoms. The van der Waals surface area contributed by atoms with E-state index in [0.29, 0.717) is 13.0 Å². The molecule has 0 spiro atoms. The van der Waals surface area contributed by atoms with Crippen molar-refractivity contribution >= 4 is 15.9 Å². The molecule has 0 radical (unpaired) electrons. The van der Waals surface area contributed by atoms with E-state index in [9.17, 15) is 13.2 Å². The maximum Gasteiger partial charge on any atom is 0.243 e. The summed E-state index contributed by atoms with van der Waals surface area (Å²) in [5, 5.41) is 11.4. The Bertz CT molecular complexity index is 805. The van der Waals surface area contributed by atoms with Gasteiger partial charge in [0.25, 0.3) is 0 Å². The normalized spacial score (nSPS) is 11.5. The van der Waals surface area contributed by atoms with E-state index in [2.05, 4.69) is 5.32 Å². The number of benzene rings is 2. The summed E-state index contributed by atoms with van der Waals surface area (Å²) in [6.07, 6.45) is 0.426. The van der Waals surface area contributed by atoms with E-state index in [0.717, 1.165) is 11.1 Å². The molecule has 0 fully saturated rings. The number of sulfonamides is 1. The fraction of sp³-hybridized carbons (Fsp3) is 0.316. The Balaban J connectivity index is 2.23. The zero-order valence-electron chi connectivity index (χ0n) is 14.8. The number of nitrogens with one attached hydrogen (secondary N) is 1. The molecule has 0 aliphatic carbocycles. The minimum absolute atomic E-state index is 0.0321. The first-order valence-corrected chi connectivity index (χ1v) is 9.86. The first-order chi connectivity index (χ1) is 12.4. The highest BCUT2D eigenvalue weighted by atomic mass is 32.2. The molecule has 0 aliphatic rings. The molecule has 0 aliphatic heterocycles. The molecule has 0 bridgehead atoms. The Labute approximate surface area is 154 Å². The molecule has 1 amide bonds. The van der Waals surface area contributed by atoms with Crippen LogP contribution in [0, 0.1) is 6.92 Å². The van der Waals surface area contributed by atoms with E-state index < -0.39 is 15.9 Å². The molecule has 7 heteroatoms. The van der Waals surface area contributed by atoms with Gasteiger partial charge in [-0.25, -0.2) is 8.42 Å². The minimum Gasteiger partial charge on any atom is -0.396 e. The Morgan fingerprint density at radius 2 is 1.73 bits per heavy atom. The van der Waals surface area contributed by atoms with Crippen molar-refractivity contribution in [2.75, 3.05) is 19.7 Å². The average Bonchev–Trinajstić information content (AvgIpc) is 2.62. The third kappa shape index (κ3) is 5.66. The van der Waals surface area contributed by atoms with Crippen LogP contribution in [0.3, 0.4) is 0 Å². The number of carbonyl (C=O) groups is 1. The van der Waals surface area contributed by atoms with Gasteiger partial charge in [0.15, 0.2) is 0 Å². The Morgan fingerprint density at radius 1 is 1.08 bits per heavy atom. The van der Waals surface area contributed by atoms with E-state index in [1.807, 2.05) is 37.3 Å². The Morgan fingerprint density at radius 3 is 2.35 bits per heavy atom. The highest BCUT2D eigenvalue weighted by Gasteiger charge is 2.26. The fourth-order valence-electron chi connectivity index (χ4n) is 2.40. The number of aliphatic hydroxyl groups is 1. The molecule has 6 nitrogen and oxygen atoms in total. The van der Waals surface area contributed by atoms with Crippen molar-refractivity contribution in [2.24, 2.45) is 0 Å². The van der Waals surface area contributed by atoms with E-state index in [-0.39, 0.29) is 24.6 Å². The van der Waals surface area contributed by atoms with Crippen molar-refractivity contribution in [3.8, 4) is 0 Å². The van der Waals surface area contributed by atoms with Crippen molar-refractivity contribution in [2.45, 2.75) is 24.8 Å². The summed E-state index contributed by atoms with van der Waals surface area (Å²) in [5.74, 6) is -0.398. The second-order valence-corrected chi connectivity index (χ2v) is 7.94. The van der Waals surface area contributed by atoms with Crippen LogP contribution in [0.2, 0.25) is 0 Å². The van der Waals surface area contributed by atoms with E-state index >= 15 is 0 Å². The summed E-state index contributed by atoms with van der Waals surface area (Å²) in [6, 6.07) is 15.7. The molecule has 2 N–H and O–H groups in total. The predicted octanol–water partition coefficient (Wildman–Crippen LogP) is 1.68. The van der Waals surface area contributed by atoms with Crippen LogP contribution in [0.25, 0.3) is 0 Å². The van der Waals surface area contributed by atoms with E-state index in [1.165, 1.54) is 4.31 Å². The Kier molecular flexibility index (Phi) is 7.32. The van der Waals surface area contributed by atoms with Gasteiger partial charge in [0.1, 0.15) is 0 Å². The van der Waals surface area contributed by atoms with Crippen molar-refractivity contribution in [3.05, 3.63) is 65.7 Å². The van der Waals surface area contributed by atoms with Gasteiger partial charge in [0.05, 0.1) is 11.4 Å². The van der Waals surface area contributed by atoms with Crippen LogP contribution in [0.5, 0.6) is 0 Å². The SMILES string of the molecule is Cc1ccc(S(=O)(=O)N(CC(=O)NCCCO)Cc2ccccc2)cc1. The number of hydrogen-bond acceptors (Lipinski definition) is 4. The molecule has 0 unspecified atom stereocenters. The van der Waals surface area contributed by atoms with Gasteiger partial charge in [0, 0.05) is 19.7 Å². The average molecular weight is 376 g/mol. The number of amides is 1. The minimum atomic E-state index is -3.82. The zero-order chi connectivity index (χ0) is 19.0. The number of rotatable bonds is 9. The summed E-state index contributed by atoms with van der Waals surface area (Å²) in [5.41, 5.74) is 1.76. The fourth-order valence-corrected chi connectivity index (χ4v) is 3.78. The standard InChI is InChI=1S/C19H24N2O4S/c1-16-8-10-18(11-9-16)26(24,25)21(14-17-6-3-2-4-7-17)15-19(23)20-12-5-13-22/h2-4,6-11,22H,5,12-15H2,1H3,(H,20,23). The van der Waals surface area contributed by atoms with Crippen LogP contribution in [0.15, 0.2) is 59.5 Å². The van der Waals surface area contributed by atoms with E-state index in [1.54, 1.807) is 24.3 Å². The first-order valence-electron chi connectivity index (χ1n) is 8.42. The second kappa shape index (κ2) is 9.47. The molecule has 0 aromatic heterocycles. The van der Waals surface area contributed by atoms with Gasteiger partial charge in [-0.15, -0.1) is 0 Å². The van der Waals surface area contributed by atoms with Crippen molar-refractivity contribution < 1.29 is 18.3 Å². The number of aliphatic hydroxyl groups excluding tert-OH is 1. The third-order valence-electron chi connectivity index (χ3n) is 3.84. The van der Waals surface area contributed by atoms with Crippen molar-refractivity contribution in [1.82, 2.24) is 9.62 Å². The molecular weight excluding hydrogens is 352 g/mol. The van der Waals surface area contributed by atoms with Gasteiger partial charge in [-0.3, -0.25) is 4.79 Å². The number of hydrogen-bond donors (Lipinski definition) is 2. The first kappa shape index (κ1) is 20.1. The van der Waals surface area contributed by atoms with Gasteiger partial charge < -0.3 is 10.4 Å². The summed E-state index contributed by atoms with van der Waals surface area (Å²) in [4.78, 5) is 12.3. The van der Waals surface area contributed by atoms with Crippen molar-refractivity contribution in [1.29, 1.82) is 0 Å². The molecule has 140 valence electrons. The van der Waals surface area contributed by atoms with Gasteiger partial charge in [-0.2, -0.15) is 4.31 Å². The predicted molar refractivity (Wildman–Crippen MR) is 99.9 cm³/mol. The maximum absolute atomic E-state index is 13.0. The highest BCUT2D eigenvalue weighted by Crippen LogP contribution is 2.19. The third-order valence-corrected chi connectivity index (χ3v) is 5.64. The lowest BCUT2D eigenvalue weighted by atomic mass is 10.2. The summed E-state index contributed by atoms with van der Waals surface area (Å²) >= 11 is 0. The molecule has 2 aromatic carbocycles. The van der Waals surface area contributed by atoms with E-state index in [4.69, 9.17) is 5.11 Å². The van der Waals surface area contributed by atoms with Crippen molar-refractivity contribution in [3.63, 3.8) is 0 Å². The van der Waals surface area contributed by atoms with Gasteiger partial charge in [-0.1, -0.05) is 48.0 Å². The Hall–Kier alpha value is -2.22. The van der Waals surface area contributed by atoms with Crippen LogP contribution >= 0.6 is 0 Å². The largest absolute Gasteiger partial charge is 0.396 e. The lowest BCUT2D eigenvalue weighted by molar-refractivity contribution is -0.121. The van der Waals surface area contributed by atoms with Crippen LogP contribution in [-0.4, -0.2) is 43.4 Å². The van der Waals surface area contributed by atoms with Gasteiger partial charge >= 0.3 is 0 Å². The number of aryl methyl sites for hydroxylation is 1. The second-order valence-electron chi connectivity index (χ2n) is 6.00. The molecule has 0 atom stereocenters. The van der Waals surface area contributed by atoms with Gasteiger partial charge in [-0.05, 0) is 31.0 Å². The van der Waals surface area contributed by atoms with Crippen LogP contribution in [-0.2, 0) is 21.4 Å². The molecular formula is C19H24N2O4S. The van der Waals surface area contributed by atoms with Crippen LogP contribution < -0.4 is 5.32 Å². The van der Waals surface area contributed by atoms with Crippen LogP contribution in [0.4, 0.5) is 0 Å². The topological polar surface area (TPSA) is 86.7 Å². The van der Waals surface area contributed by atoms with Crippen LogP contribution in [0.1, 0.15) is 17.5 Å². The maximum atomic E-state index is 13.0. The molecule has 2 aromatic rings. The quantitative estimate of drug-likeness (QED) is 0.652. The molecule has 0 heterocycles. The summed E-state index contributed by atoms with van der Waals surface area (Å²) in [7, 11) is -3.82. The molecule has 0 saturated heterocycles.